The van der Waals surface area contributed by atoms with Gasteiger partial charge in [-0.1, -0.05) is 61.5 Å². The molecule has 0 atom stereocenters. The van der Waals surface area contributed by atoms with Gasteiger partial charge in [-0.25, -0.2) is 9.50 Å². The zero-order valence-corrected chi connectivity index (χ0v) is 17.6. The second-order valence-electron chi connectivity index (χ2n) is 7.79. The minimum Gasteiger partial charge on any atom is -0.336 e. The predicted molar refractivity (Wildman–Crippen MR) is 122 cm³/mol. The lowest BCUT2D eigenvalue weighted by Gasteiger charge is -2.33. The molecule has 6 nitrogen and oxygen atoms in total. The number of carbonyl (C=O) groups is 1. The van der Waals surface area contributed by atoms with Gasteiger partial charge in [0.1, 0.15) is 5.56 Å². The summed E-state index contributed by atoms with van der Waals surface area (Å²) in [5.41, 5.74) is 5.46. The molecule has 1 aliphatic heterocycles. The van der Waals surface area contributed by atoms with Crippen molar-refractivity contribution in [3.63, 3.8) is 0 Å². The van der Waals surface area contributed by atoms with Gasteiger partial charge in [0.2, 0.25) is 0 Å². The van der Waals surface area contributed by atoms with Crippen molar-refractivity contribution in [1.29, 1.82) is 0 Å². The van der Waals surface area contributed by atoms with E-state index >= 15 is 0 Å². The largest absolute Gasteiger partial charge is 0.336 e. The topological polar surface area (TPSA) is 53.7 Å². The highest BCUT2D eigenvalue weighted by atomic mass is 16.2. The van der Waals surface area contributed by atoms with Gasteiger partial charge in [-0.15, -0.1) is 0 Å². The lowest BCUT2D eigenvalue weighted by molar-refractivity contribution is 0.0645. The lowest BCUT2D eigenvalue weighted by atomic mass is 10.0. The van der Waals surface area contributed by atoms with E-state index in [1.807, 2.05) is 29.2 Å². The number of rotatable bonds is 4. The van der Waals surface area contributed by atoms with Crippen LogP contribution in [-0.4, -0.2) is 63.0 Å². The Kier molecular flexibility index (Phi) is 5.22. The molecule has 3 heterocycles. The molecule has 2 aromatic heterocycles. The van der Waals surface area contributed by atoms with Crippen LogP contribution in [0.1, 0.15) is 17.3 Å². The molecule has 156 valence electrons. The van der Waals surface area contributed by atoms with Gasteiger partial charge in [-0.3, -0.25) is 4.79 Å². The molecule has 0 N–H and O–H groups in total. The first kappa shape index (κ1) is 19.5. The number of hydrogen-bond donors (Lipinski definition) is 0. The molecule has 0 saturated carbocycles. The first-order valence-electron chi connectivity index (χ1n) is 10.7. The monoisotopic (exact) mass is 411 g/mol. The normalized spacial score (nSPS) is 14.8. The van der Waals surface area contributed by atoms with E-state index in [-0.39, 0.29) is 5.91 Å². The van der Waals surface area contributed by atoms with Crippen molar-refractivity contribution in [2.75, 3.05) is 32.7 Å². The van der Waals surface area contributed by atoms with Gasteiger partial charge in [0.05, 0.1) is 11.9 Å². The summed E-state index contributed by atoms with van der Waals surface area (Å²) in [7, 11) is 0. The molecule has 31 heavy (non-hydrogen) atoms. The number of fused-ring (bicyclic) bond motifs is 1. The first-order chi connectivity index (χ1) is 15.2. The number of nitrogens with zero attached hydrogens (tertiary/aromatic N) is 5. The molecule has 0 radical (unpaired) electrons. The van der Waals surface area contributed by atoms with E-state index < -0.39 is 0 Å². The number of aromatic nitrogens is 3. The Morgan fingerprint density at radius 3 is 2.26 bits per heavy atom. The highest BCUT2D eigenvalue weighted by Gasteiger charge is 2.25. The Labute approximate surface area is 181 Å². The zero-order valence-electron chi connectivity index (χ0n) is 17.6. The fraction of sp³-hybridized carbons (Fsp3) is 0.240. The SMILES string of the molecule is CCN1CCN(C(=O)c2cnn3c(-c4ccc(-c5ccccc5)cc4)ccnc23)CC1. The molecule has 2 aromatic carbocycles. The van der Waals surface area contributed by atoms with E-state index in [4.69, 9.17) is 0 Å². The fourth-order valence-corrected chi connectivity index (χ4v) is 4.16. The second-order valence-corrected chi connectivity index (χ2v) is 7.79. The summed E-state index contributed by atoms with van der Waals surface area (Å²) >= 11 is 0. The zero-order chi connectivity index (χ0) is 21.2. The van der Waals surface area contributed by atoms with Gasteiger partial charge in [0, 0.05) is 37.9 Å². The Balaban J connectivity index is 1.44. The molecule has 0 spiro atoms. The average molecular weight is 412 g/mol. The number of amides is 1. The molecule has 1 amide bonds. The maximum atomic E-state index is 13.1. The fourth-order valence-electron chi connectivity index (χ4n) is 4.16. The maximum Gasteiger partial charge on any atom is 0.259 e. The van der Waals surface area contributed by atoms with Crippen molar-refractivity contribution in [1.82, 2.24) is 24.4 Å². The molecule has 4 aromatic rings. The summed E-state index contributed by atoms with van der Waals surface area (Å²) in [6.07, 6.45) is 3.40. The van der Waals surface area contributed by atoms with Crippen molar-refractivity contribution >= 4 is 11.6 Å². The van der Waals surface area contributed by atoms with Crippen molar-refractivity contribution in [2.45, 2.75) is 6.92 Å². The molecule has 1 aliphatic rings. The number of hydrogen-bond acceptors (Lipinski definition) is 4. The van der Waals surface area contributed by atoms with Crippen molar-refractivity contribution in [3.8, 4) is 22.4 Å². The summed E-state index contributed by atoms with van der Waals surface area (Å²) in [5, 5.41) is 4.52. The third kappa shape index (κ3) is 3.70. The van der Waals surface area contributed by atoms with Gasteiger partial charge in [0.15, 0.2) is 5.65 Å². The van der Waals surface area contributed by atoms with Crippen LogP contribution in [-0.2, 0) is 0 Å². The smallest absolute Gasteiger partial charge is 0.259 e. The van der Waals surface area contributed by atoms with E-state index in [9.17, 15) is 4.79 Å². The van der Waals surface area contributed by atoms with Gasteiger partial charge in [0.25, 0.3) is 5.91 Å². The van der Waals surface area contributed by atoms with Gasteiger partial charge < -0.3 is 9.80 Å². The van der Waals surface area contributed by atoms with Crippen molar-refractivity contribution in [3.05, 3.63) is 78.6 Å². The second kappa shape index (κ2) is 8.32. The molecule has 1 fully saturated rings. The quantitative estimate of drug-likeness (QED) is 0.512. The molecule has 0 unspecified atom stereocenters. The van der Waals surface area contributed by atoms with Crippen molar-refractivity contribution in [2.24, 2.45) is 0 Å². The molecule has 1 saturated heterocycles. The van der Waals surface area contributed by atoms with Crippen LogP contribution in [0.2, 0.25) is 0 Å². The van der Waals surface area contributed by atoms with Crippen LogP contribution >= 0.6 is 0 Å². The molecular weight excluding hydrogens is 386 g/mol. The third-order valence-corrected chi connectivity index (χ3v) is 6.03. The standard InChI is InChI=1S/C25H25N5O/c1-2-28-14-16-29(17-15-28)25(31)22-18-27-30-23(12-13-26-24(22)30)21-10-8-20(9-11-21)19-6-4-3-5-7-19/h3-13,18H,2,14-17H2,1H3. The number of piperazine rings is 1. The van der Waals surface area contributed by atoms with Crippen molar-refractivity contribution < 1.29 is 4.79 Å². The Morgan fingerprint density at radius 1 is 0.871 bits per heavy atom. The minimum absolute atomic E-state index is 0.00910. The average Bonchev–Trinajstić information content (AvgIpc) is 3.29. The van der Waals surface area contributed by atoms with Crippen LogP contribution in [0.15, 0.2) is 73.1 Å². The summed E-state index contributed by atoms with van der Waals surface area (Å²) < 4.78 is 1.77. The third-order valence-electron chi connectivity index (χ3n) is 6.03. The molecular formula is C25H25N5O. The van der Waals surface area contributed by atoms with E-state index in [0.29, 0.717) is 11.2 Å². The predicted octanol–water partition coefficient (Wildman–Crippen LogP) is 3.84. The molecule has 0 aliphatic carbocycles. The van der Waals surface area contributed by atoms with Crippen LogP contribution in [0.4, 0.5) is 0 Å². The van der Waals surface area contributed by atoms with Gasteiger partial charge in [-0.2, -0.15) is 5.10 Å². The first-order valence-corrected chi connectivity index (χ1v) is 10.7. The summed E-state index contributed by atoms with van der Waals surface area (Å²) in [5.74, 6) is 0.00910. The van der Waals surface area contributed by atoms with Crippen LogP contribution in [0.5, 0.6) is 0 Å². The lowest BCUT2D eigenvalue weighted by Crippen LogP contribution is -2.48. The Bertz CT molecular complexity index is 1190. The van der Waals surface area contributed by atoms with Gasteiger partial charge in [-0.05, 0) is 23.7 Å². The highest BCUT2D eigenvalue weighted by molar-refractivity contribution is 6.00. The van der Waals surface area contributed by atoms with E-state index in [1.165, 1.54) is 5.56 Å². The van der Waals surface area contributed by atoms with Gasteiger partial charge >= 0.3 is 0 Å². The molecule has 6 heteroatoms. The van der Waals surface area contributed by atoms with E-state index in [1.54, 1.807) is 16.9 Å². The summed E-state index contributed by atoms with van der Waals surface area (Å²) in [4.78, 5) is 21.9. The minimum atomic E-state index is 0.00910. The highest BCUT2D eigenvalue weighted by Crippen LogP contribution is 2.26. The maximum absolute atomic E-state index is 13.1. The van der Waals surface area contributed by atoms with E-state index in [0.717, 1.165) is 49.5 Å². The number of benzene rings is 2. The van der Waals surface area contributed by atoms with E-state index in [2.05, 4.69) is 58.3 Å². The van der Waals surface area contributed by atoms with Crippen LogP contribution in [0.3, 0.4) is 0 Å². The molecule has 5 rings (SSSR count). The number of carbonyl (C=O) groups excluding carboxylic acids is 1. The van der Waals surface area contributed by atoms with Crippen LogP contribution in [0, 0.1) is 0 Å². The van der Waals surface area contributed by atoms with Crippen LogP contribution < -0.4 is 0 Å². The molecule has 0 bridgehead atoms. The Morgan fingerprint density at radius 2 is 1.55 bits per heavy atom. The van der Waals surface area contributed by atoms with Crippen LogP contribution in [0.25, 0.3) is 28.0 Å². The summed E-state index contributed by atoms with van der Waals surface area (Å²) in [6, 6.07) is 20.6. The Hall–Kier alpha value is -3.51. The summed E-state index contributed by atoms with van der Waals surface area (Å²) in [6.45, 7) is 6.48. The number of likely N-dealkylation sites (N-methyl/N-ethyl adjacent to an activating group) is 1.